The van der Waals surface area contributed by atoms with Crippen molar-refractivity contribution in [1.82, 2.24) is 9.78 Å². The van der Waals surface area contributed by atoms with Gasteiger partial charge in [0.05, 0.1) is 16.9 Å². The summed E-state index contributed by atoms with van der Waals surface area (Å²) in [7, 11) is 0. The maximum atomic E-state index is 9.96. The Balaban J connectivity index is 2.75. The molecule has 0 aliphatic carbocycles. The lowest BCUT2D eigenvalue weighted by Crippen LogP contribution is -2.11. The molecular formula is C10H17ClN2OS. The highest BCUT2D eigenvalue weighted by molar-refractivity contribution is 7.99. The molecule has 1 heterocycles. The molecule has 1 atom stereocenters. The van der Waals surface area contributed by atoms with Crippen molar-refractivity contribution in [3.63, 3.8) is 0 Å². The van der Waals surface area contributed by atoms with Crippen molar-refractivity contribution >= 4 is 23.4 Å². The van der Waals surface area contributed by atoms with Crippen molar-refractivity contribution in [2.45, 2.75) is 32.9 Å². The van der Waals surface area contributed by atoms with E-state index in [4.69, 9.17) is 11.6 Å². The predicted octanol–water partition coefficient (Wildman–Crippen LogP) is 2.73. The minimum absolute atomic E-state index is 0.517. The number of hydrogen-bond donors (Lipinski definition) is 1. The van der Waals surface area contributed by atoms with Gasteiger partial charge in [-0.3, -0.25) is 4.68 Å². The second-order valence-electron chi connectivity index (χ2n) is 3.28. The SMILES string of the molecule is CCCn1ncc(Cl)c1C(O)CSCC. The quantitative estimate of drug-likeness (QED) is 0.841. The summed E-state index contributed by atoms with van der Waals surface area (Å²) in [5, 5.41) is 14.7. The van der Waals surface area contributed by atoms with E-state index in [9.17, 15) is 5.11 Å². The summed E-state index contributed by atoms with van der Waals surface area (Å²) in [5.74, 6) is 1.67. The van der Waals surface area contributed by atoms with Gasteiger partial charge in [0.1, 0.15) is 6.10 Å². The van der Waals surface area contributed by atoms with E-state index in [1.807, 2.05) is 0 Å². The molecule has 0 aromatic carbocycles. The van der Waals surface area contributed by atoms with Crippen LogP contribution >= 0.6 is 23.4 Å². The summed E-state index contributed by atoms with van der Waals surface area (Å²) in [6.07, 6.45) is 2.07. The molecule has 1 aromatic rings. The van der Waals surface area contributed by atoms with Gasteiger partial charge in [-0.15, -0.1) is 0 Å². The Morgan fingerprint density at radius 1 is 1.60 bits per heavy atom. The monoisotopic (exact) mass is 248 g/mol. The van der Waals surface area contributed by atoms with Crippen molar-refractivity contribution in [3.8, 4) is 0 Å². The van der Waals surface area contributed by atoms with Crippen molar-refractivity contribution in [2.24, 2.45) is 0 Å². The Morgan fingerprint density at radius 3 is 2.93 bits per heavy atom. The average Bonchev–Trinajstić information content (AvgIpc) is 2.57. The van der Waals surface area contributed by atoms with Crippen LogP contribution in [0, 0.1) is 0 Å². The van der Waals surface area contributed by atoms with E-state index in [0.717, 1.165) is 24.4 Å². The number of rotatable bonds is 6. The van der Waals surface area contributed by atoms with E-state index in [-0.39, 0.29) is 0 Å². The van der Waals surface area contributed by atoms with E-state index < -0.39 is 6.10 Å². The Hall–Kier alpha value is -0.190. The lowest BCUT2D eigenvalue weighted by Gasteiger charge is -2.12. The maximum absolute atomic E-state index is 9.96. The number of aliphatic hydroxyl groups excluding tert-OH is 1. The molecular weight excluding hydrogens is 232 g/mol. The fourth-order valence-corrected chi connectivity index (χ4v) is 2.29. The third-order valence-corrected chi connectivity index (χ3v) is 3.32. The fraction of sp³-hybridized carbons (Fsp3) is 0.700. The minimum atomic E-state index is -0.517. The van der Waals surface area contributed by atoms with Crippen LogP contribution in [0.5, 0.6) is 0 Å². The molecule has 0 spiro atoms. The molecule has 1 aromatic heterocycles. The van der Waals surface area contributed by atoms with Crippen LogP contribution in [0.4, 0.5) is 0 Å². The summed E-state index contributed by atoms with van der Waals surface area (Å²) < 4.78 is 1.79. The number of aliphatic hydroxyl groups is 1. The Labute approximate surface area is 99.8 Å². The fourth-order valence-electron chi connectivity index (χ4n) is 1.40. The van der Waals surface area contributed by atoms with Crippen LogP contribution in [0.25, 0.3) is 0 Å². The molecule has 15 heavy (non-hydrogen) atoms. The van der Waals surface area contributed by atoms with Crippen molar-refractivity contribution in [2.75, 3.05) is 11.5 Å². The van der Waals surface area contributed by atoms with Crippen LogP contribution in [0.1, 0.15) is 32.1 Å². The van der Waals surface area contributed by atoms with Crippen LogP contribution in [0.3, 0.4) is 0 Å². The van der Waals surface area contributed by atoms with Crippen LogP contribution in [0.15, 0.2) is 6.20 Å². The zero-order valence-electron chi connectivity index (χ0n) is 9.11. The first-order chi connectivity index (χ1) is 7.20. The van der Waals surface area contributed by atoms with Crippen molar-refractivity contribution in [3.05, 3.63) is 16.9 Å². The van der Waals surface area contributed by atoms with E-state index in [1.165, 1.54) is 0 Å². The van der Waals surface area contributed by atoms with Crippen molar-refractivity contribution < 1.29 is 5.11 Å². The van der Waals surface area contributed by atoms with Gasteiger partial charge in [0, 0.05) is 12.3 Å². The third-order valence-electron chi connectivity index (χ3n) is 2.06. The van der Waals surface area contributed by atoms with Gasteiger partial charge in [-0.1, -0.05) is 25.4 Å². The number of aryl methyl sites for hydroxylation is 1. The standard InChI is InChI=1S/C10H17ClN2OS/c1-3-5-13-10(8(11)6-12-13)9(14)7-15-4-2/h6,9,14H,3-5,7H2,1-2H3. The van der Waals surface area contributed by atoms with E-state index in [2.05, 4.69) is 18.9 Å². The first-order valence-corrected chi connectivity index (χ1v) is 6.71. The lowest BCUT2D eigenvalue weighted by atomic mass is 10.3. The van der Waals surface area contributed by atoms with E-state index in [0.29, 0.717) is 10.8 Å². The van der Waals surface area contributed by atoms with Gasteiger partial charge in [0.25, 0.3) is 0 Å². The van der Waals surface area contributed by atoms with Gasteiger partial charge >= 0.3 is 0 Å². The molecule has 1 N–H and O–H groups in total. The van der Waals surface area contributed by atoms with Gasteiger partial charge in [-0.05, 0) is 12.2 Å². The highest BCUT2D eigenvalue weighted by Crippen LogP contribution is 2.25. The number of aromatic nitrogens is 2. The molecule has 0 radical (unpaired) electrons. The molecule has 0 amide bonds. The van der Waals surface area contributed by atoms with Crippen LogP contribution in [-0.4, -0.2) is 26.4 Å². The molecule has 0 aliphatic heterocycles. The summed E-state index contributed by atoms with van der Waals surface area (Å²) >= 11 is 7.70. The molecule has 0 bridgehead atoms. The minimum Gasteiger partial charge on any atom is -0.386 e. The maximum Gasteiger partial charge on any atom is 0.106 e. The number of thioether (sulfide) groups is 1. The van der Waals surface area contributed by atoms with Gasteiger partial charge < -0.3 is 5.11 Å². The van der Waals surface area contributed by atoms with Crippen LogP contribution < -0.4 is 0 Å². The van der Waals surface area contributed by atoms with Crippen molar-refractivity contribution in [1.29, 1.82) is 0 Å². The molecule has 0 saturated heterocycles. The molecule has 0 aliphatic rings. The number of nitrogens with zero attached hydrogens (tertiary/aromatic N) is 2. The summed E-state index contributed by atoms with van der Waals surface area (Å²) in [4.78, 5) is 0. The second kappa shape index (κ2) is 6.40. The summed E-state index contributed by atoms with van der Waals surface area (Å²) in [5.41, 5.74) is 0.750. The van der Waals surface area contributed by atoms with Gasteiger partial charge in [0.2, 0.25) is 0 Å². The Kier molecular flexibility index (Phi) is 5.50. The zero-order chi connectivity index (χ0) is 11.3. The second-order valence-corrected chi connectivity index (χ2v) is 5.00. The van der Waals surface area contributed by atoms with E-state index >= 15 is 0 Å². The smallest absolute Gasteiger partial charge is 0.106 e. The molecule has 1 unspecified atom stereocenters. The predicted molar refractivity (Wildman–Crippen MR) is 65.5 cm³/mol. The molecule has 3 nitrogen and oxygen atoms in total. The summed E-state index contributed by atoms with van der Waals surface area (Å²) in [6, 6.07) is 0. The molecule has 0 fully saturated rings. The molecule has 5 heteroatoms. The Bertz CT molecular complexity index is 304. The largest absolute Gasteiger partial charge is 0.386 e. The molecule has 1 rings (SSSR count). The summed E-state index contributed by atoms with van der Waals surface area (Å²) in [6.45, 7) is 4.95. The molecule has 0 saturated carbocycles. The van der Waals surface area contributed by atoms with E-state index in [1.54, 1.807) is 22.6 Å². The molecule has 86 valence electrons. The Morgan fingerprint density at radius 2 is 2.33 bits per heavy atom. The average molecular weight is 249 g/mol. The zero-order valence-corrected chi connectivity index (χ0v) is 10.7. The lowest BCUT2D eigenvalue weighted by molar-refractivity contribution is 0.191. The van der Waals surface area contributed by atoms with Crippen LogP contribution in [0.2, 0.25) is 5.02 Å². The number of halogens is 1. The third kappa shape index (κ3) is 3.40. The topological polar surface area (TPSA) is 38.0 Å². The highest BCUT2D eigenvalue weighted by Gasteiger charge is 2.17. The van der Waals surface area contributed by atoms with Gasteiger partial charge in [0.15, 0.2) is 0 Å². The first-order valence-electron chi connectivity index (χ1n) is 5.17. The number of hydrogen-bond acceptors (Lipinski definition) is 3. The first kappa shape index (κ1) is 12.9. The van der Waals surface area contributed by atoms with Gasteiger partial charge in [-0.25, -0.2) is 0 Å². The normalized spacial score (nSPS) is 13.1. The highest BCUT2D eigenvalue weighted by atomic mass is 35.5. The van der Waals surface area contributed by atoms with Crippen LogP contribution in [-0.2, 0) is 6.54 Å². The van der Waals surface area contributed by atoms with Gasteiger partial charge in [-0.2, -0.15) is 16.9 Å².